The van der Waals surface area contributed by atoms with Crippen LogP contribution in [0.15, 0.2) is 21.3 Å². The lowest BCUT2D eigenvalue weighted by Crippen LogP contribution is -1.95. The Labute approximate surface area is 122 Å². The molecule has 15 heavy (non-hydrogen) atoms. The molecule has 0 unspecified atom stereocenters. The predicted octanol–water partition coefficient (Wildman–Crippen LogP) is 5.06. The largest absolute Gasteiger partial charge is 0.288 e. The monoisotopic (exact) mass is 432 g/mol. The Hall–Kier alpha value is 0.570. The fraction of sp³-hybridized carbons (Fsp3) is 0. The average molecular weight is 434 g/mol. The van der Waals surface area contributed by atoms with Crippen LogP contribution in [0.2, 0.25) is 5.02 Å². The van der Waals surface area contributed by atoms with Crippen molar-refractivity contribution in [1.82, 2.24) is 0 Å². The standard InChI is InChI=1S/C9H3BrClIOS2/c10-9-5(11)2-6(15-9)8(13)4-1-7(12)14-3-4/h1-3H. The summed E-state index contributed by atoms with van der Waals surface area (Å²) in [6, 6.07) is 3.58. The number of ketones is 1. The van der Waals surface area contributed by atoms with E-state index >= 15 is 0 Å². The van der Waals surface area contributed by atoms with E-state index in [2.05, 4.69) is 38.5 Å². The Bertz CT molecular complexity index is 500. The molecule has 0 aliphatic heterocycles. The predicted molar refractivity (Wildman–Crippen MR) is 77.5 cm³/mol. The lowest BCUT2D eigenvalue weighted by molar-refractivity contribution is 0.104. The van der Waals surface area contributed by atoms with Crippen LogP contribution in [0.4, 0.5) is 0 Å². The van der Waals surface area contributed by atoms with Crippen molar-refractivity contribution in [3.63, 3.8) is 0 Å². The van der Waals surface area contributed by atoms with Crippen molar-refractivity contribution in [1.29, 1.82) is 0 Å². The molecule has 2 rings (SSSR count). The van der Waals surface area contributed by atoms with E-state index in [0.29, 0.717) is 9.90 Å². The third-order valence-electron chi connectivity index (χ3n) is 1.70. The van der Waals surface area contributed by atoms with E-state index in [1.807, 2.05) is 11.4 Å². The minimum atomic E-state index is 0.0340. The van der Waals surface area contributed by atoms with Crippen LogP contribution >= 0.6 is 72.8 Å². The zero-order valence-electron chi connectivity index (χ0n) is 7.09. The van der Waals surface area contributed by atoms with Crippen molar-refractivity contribution in [2.75, 3.05) is 0 Å². The zero-order valence-corrected chi connectivity index (χ0v) is 13.2. The van der Waals surface area contributed by atoms with Crippen molar-refractivity contribution in [2.24, 2.45) is 0 Å². The van der Waals surface area contributed by atoms with Crippen LogP contribution in [-0.4, -0.2) is 5.78 Å². The van der Waals surface area contributed by atoms with E-state index in [1.54, 1.807) is 17.4 Å². The smallest absolute Gasteiger partial charge is 0.203 e. The van der Waals surface area contributed by atoms with Gasteiger partial charge in [-0.05, 0) is 50.7 Å². The third kappa shape index (κ3) is 2.63. The quantitative estimate of drug-likeness (QED) is 0.478. The van der Waals surface area contributed by atoms with Gasteiger partial charge in [0.05, 0.1) is 16.6 Å². The van der Waals surface area contributed by atoms with Gasteiger partial charge in [0.2, 0.25) is 5.78 Å². The molecule has 0 N–H and O–H groups in total. The lowest BCUT2D eigenvalue weighted by atomic mass is 10.2. The second kappa shape index (κ2) is 4.83. The highest BCUT2D eigenvalue weighted by Crippen LogP contribution is 2.33. The minimum Gasteiger partial charge on any atom is -0.288 e. The number of carbonyl (C=O) groups excluding carboxylic acids is 1. The topological polar surface area (TPSA) is 17.1 Å². The van der Waals surface area contributed by atoms with E-state index < -0.39 is 0 Å². The van der Waals surface area contributed by atoms with Crippen LogP contribution in [0.25, 0.3) is 0 Å². The minimum absolute atomic E-state index is 0.0340. The van der Waals surface area contributed by atoms with Gasteiger partial charge in [-0.15, -0.1) is 22.7 Å². The van der Waals surface area contributed by atoms with Crippen molar-refractivity contribution in [2.45, 2.75) is 0 Å². The van der Waals surface area contributed by atoms with Gasteiger partial charge in [0.15, 0.2) is 0 Å². The molecule has 0 atom stereocenters. The molecule has 0 aliphatic carbocycles. The van der Waals surface area contributed by atoms with Crippen molar-refractivity contribution >= 4 is 78.6 Å². The Morgan fingerprint density at radius 2 is 2.20 bits per heavy atom. The van der Waals surface area contributed by atoms with E-state index in [4.69, 9.17) is 11.6 Å². The molecule has 0 aromatic carbocycles. The van der Waals surface area contributed by atoms with E-state index in [9.17, 15) is 4.79 Å². The van der Waals surface area contributed by atoms with Crippen LogP contribution in [0.5, 0.6) is 0 Å². The summed E-state index contributed by atoms with van der Waals surface area (Å²) in [6.07, 6.45) is 0. The summed E-state index contributed by atoms with van der Waals surface area (Å²) in [4.78, 5) is 12.6. The summed E-state index contributed by atoms with van der Waals surface area (Å²) in [5.41, 5.74) is 0.731. The van der Waals surface area contributed by atoms with Gasteiger partial charge in [0.1, 0.15) is 0 Å². The Kier molecular flexibility index (Phi) is 3.88. The molecule has 0 saturated carbocycles. The highest BCUT2D eigenvalue weighted by atomic mass is 127. The Morgan fingerprint density at radius 1 is 1.47 bits per heavy atom. The fourth-order valence-electron chi connectivity index (χ4n) is 1.03. The highest BCUT2D eigenvalue weighted by molar-refractivity contribution is 14.1. The third-order valence-corrected chi connectivity index (χ3v) is 5.96. The van der Waals surface area contributed by atoms with Crippen LogP contribution in [0.1, 0.15) is 15.2 Å². The van der Waals surface area contributed by atoms with E-state index in [0.717, 1.165) is 12.2 Å². The van der Waals surface area contributed by atoms with Gasteiger partial charge in [0.25, 0.3) is 0 Å². The first-order chi connectivity index (χ1) is 7.08. The molecule has 0 aliphatic rings. The first kappa shape index (κ1) is 12.0. The summed E-state index contributed by atoms with van der Waals surface area (Å²) in [7, 11) is 0. The van der Waals surface area contributed by atoms with Crippen molar-refractivity contribution in [3.8, 4) is 0 Å². The van der Waals surface area contributed by atoms with Gasteiger partial charge in [-0.3, -0.25) is 4.79 Å². The number of rotatable bonds is 2. The van der Waals surface area contributed by atoms with Gasteiger partial charge in [0, 0.05) is 10.9 Å². The van der Waals surface area contributed by atoms with Gasteiger partial charge in [-0.25, -0.2) is 0 Å². The van der Waals surface area contributed by atoms with Gasteiger partial charge >= 0.3 is 0 Å². The molecule has 0 amide bonds. The summed E-state index contributed by atoms with van der Waals surface area (Å²) < 4.78 is 1.91. The average Bonchev–Trinajstić information content (AvgIpc) is 2.74. The summed E-state index contributed by atoms with van der Waals surface area (Å²) >= 11 is 14.3. The first-order valence-electron chi connectivity index (χ1n) is 3.81. The highest BCUT2D eigenvalue weighted by Gasteiger charge is 2.15. The summed E-state index contributed by atoms with van der Waals surface area (Å²) in [6.45, 7) is 0. The normalized spacial score (nSPS) is 10.6. The van der Waals surface area contributed by atoms with Crippen LogP contribution in [-0.2, 0) is 0 Å². The number of hydrogen-bond donors (Lipinski definition) is 0. The molecule has 1 nitrogen and oxygen atoms in total. The molecule has 0 radical (unpaired) electrons. The number of halogens is 3. The van der Waals surface area contributed by atoms with Gasteiger partial charge < -0.3 is 0 Å². The number of thiophene rings is 2. The number of carbonyl (C=O) groups is 1. The SMILES string of the molecule is O=C(c1csc(I)c1)c1cc(Cl)c(Br)s1. The maximum Gasteiger partial charge on any atom is 0.203 e. The number of hydrogen-bond acceptors (Lipinski definition) is 3. The second-order valence-corrected chi connectivity index (χ2v) is 8.28. The second-order valence-electron chi connectivity index (χ2n) is 2.70. The van der Waals surface area contributed by atoms with Gasteiger partial charge in [-0.1, -0.05) is 11.6 Å². The molecule has 0 spiro atoms. The van der Waals surface area contributed by atoms with Crippen molar-refractivity contribution in [3.05, 3.63) is 39.6 Å². The van der Waals surface area contributed by atoms with E-state index in [-0.39, 0.29) is 5.78 Å². The molecule has 6 heteroatoms. The Morgan fingerprint density at radius 3 is 2.67 bits per heavy atom. The molecule has 0 bridgehead atoms. The Balaban J connectivity index is 2.36. The maximum absolute atomic E-state index is 12.0. The van der Waals surface area contributed by atoms with Crippen LogP contribution in [0, 0.1) is 2.88 Å². The van der Waals surface area contributed by atoms with E-state index in [1.165, 1.54) is 11.3 Å². The zero-order chi connectivity index (χ0) is 11.0. The summed E-state index contributed by atoms with van der Waals surface area (Å²) in [5, 5.41) is 2.46. The fourth-order valence-corrected chi connectivity index (χ4v) is 4.02. The molecular formula is C9H3BrClIOS2. The molecule has 2 aromatic heterocycles. The first-order valence-corrected chi connectivity index (χ1v) is 7.76. The van der Waals surface area contributed by atoms with Gasteiger partial charge in [-0.2, -0.15) is 0 Å². The molecular weight excluding hydrogens is 430 g/mol. The van der Waals surface area contributed by atoms with Crippen LogP contribution in [0.3, 0.4) is 0 Å². The lowest BCUT2D eigenvalue weighted by Gasteiger charge is -1.90. The summed E-state index contributed by atoms with van der Waals surface area (Å²) in [5.74, 6) is 0.0340. The maximum atomic E-state index is 12.0. The molecule has 0 fully saturated rings. The molecule has 2 heterocycles. The molecule has 2 aromatic rings. The van der Waals surface area contributed by atoms with Crippen molar-refractivity contribution < 1.29 is 4.79 Å². The van der Waals surface area contributed by atoms with Crippen LogP contribution < -0.4 is 0 Å². The molecule has 0 saturated heterocycles. The molecule has 78 valence electrons.